The van der Waals surface area contributed by atoms with Gasteiger partial charge in [-0.1, -0.05) is 36.8 Å². The molecule has 0 radical (unpaired) electrons. The average molecular weight is 419 g/mol. The van der Waals surface area contributed by atoms with Crippen molar-refractivity contribution in [2.75, 3.05) is 6.54 Å². The van der Waals surface area contributed by atoms with Gasteiger partial charge < -0.3 is 5.32 Å². The van der Waals surface area contributed by atoms with E-state index >= 15 is 0 Å². The van der Waals surface area contributed by atoms with Crippen LogP contribution < -0.4 is 5.32 Å². The average Bonchev–Trinajstić information content (AvgIpc) is 3.03. The van der Waals surface area contributed by atoms with E-state index in [-0.39, 0.29) is 23.8 Å². The Bertz CT molecular complexity index is 963. The fourth-order valence-electron chi connectivity index (χ4n) is 4.59. The molecule has 0 unspecified atom stereocenters. The first kappa shape index (κ1) is 21.3. The normalized spacial score (nSPS) is 16.1. The summed E-state index contributed by atoms with van der Waals surface area (Å²) in [4.78, 5) is 38.4. The van der Waals surface area contributed by atoms with Crippen LogP contribution in [0.15, 0.2) is 42.5 Å². The van der Waals surface area contributed by atoms with E-state index in [1.165, 1.54) is 34.4 Å². The van der Waals surface area contributed by atoms with E-state index in [1.807, 2.05) is 6.92 Å². The first-order valence-electron chi connectivity index (χ1n) is 11.4. The minimum absolute atomic E-state index is 0.00178. The smallest absolute Gasteiger partial charge is 0.261 e. The lowest BCUT2D eigenvalue weighted by atomic mass is 9.89. The third kappa shape index (κ3) is 4.71. The van der Waals surface area contributed by atoms with Crippen LogP contribution in [0.25, 0.3) is 0 Å². The highest BCUT2D eigenvalue weighted by atomic mass is 16.2. The zero-order chi connectivity index (χ0) is 21.8. The lowest BCUT2D eigenvalue weighted by molar-refractivity contribution is -0.121. The molecule has 0 saturated heterocycles. The summed E-state index contributed by atoms with van der Waals surface area (Å²) in [7, 11) is 0. The molecule has 2 aliphatic rings. The van der Waals surface area contributed by atoms with Crippen molar-refractivity contribution < 1.29 is 14.4 Å². The van der Waals surface area contributed by atoms with Gasteiger partial charge in [-0.25, -0.2) is 0 Å². The fourth-order valence-corrected chi connectivity index (χ4v) is 4.59. The molecule has 31 heavy (non-hydrogen) atoms. The Morgan fingerprint density at radius 1 is 0.935 bits per heavy atom. The highest BCUT2D eigenvalue weighted by Crippen LogP contribution is 2.25. The van der Waals surface area contributed by atoms with Gasteiger partial charge in [0.25, 0.3) is 11.8 Å². The Morgan fingerprint density at radius 3 is 2.32 bits per heavy atom. The molecule has 0 spiro atoms. The molecule has 3 amide bonds. The zero-order valence-electron chi connectivity index (χ0n) is 18.2. The van der Waals surface area contributed by atoms with Gasteiger partial charge in [0, 0.05) is 13.0 Å². The molecular formula is C26H30N2O3. The number of aryl methyl sites for hydroxylation is 2. The van der Waals surface area contributed by atoms with Gasteiger partial charge in [0.15, 0.2) is 0 Å². The van der Waals surface area contributed by atoms with E-state index in [2.05, 4.69) is 23.5 Å². The van der Waals surface area contributed by atoms with Crippen LogP contribution >= 0.6 is 0 Å². The molecule has 0 aromatic heterocycles. The van der Waals surface area contributed by atoms with Crippen molar-refractivity contribution in [3.63, 3.8) is 0 Å². The number of benzene rings is 2. The lowest BCUT2D eigenvalue weighted by Crippen LogP contribution is -2.30. The number of carbonyl (C=O) groups is 3. The van der Waals surface area contributed by atoms with Crippen molar-refractivity contribution in [1.82, 2.24) is 10.2 Å². The van der Waals surface area contributed by atoms with Crippen molar-refractivity contribution in [1.29, 1.82) is 0 Å². The second-order valence-corrected chi connectivity index (χ2v) is 8.64. The summed E-state index contributed by atoms with van der Waals surface area (Å²) in [6.45, 7) is 2.43. The molecular weight excluding hydrogens is 388 g/mol. The zero-order valence-corrected chi connectivity index (χ0v) is 18.2. The maximum absolute atomic E-state index is 12.4. The summed E-state index contributed by atoms with van der Waals surface area (Å²) < 4.78 is 0. The molecule has 4 rings (SSSR count). The van der Waals surface area contributed by atoms with Crippen LogP contribution in [0.3, 0.4) is 0 Å². The molecule has 5 nitrogen and oxygen atoms in total. The molecule has 2 aromatic rings. The summed E-state index contributed by atoms with van der Waals surface area (Å²) in [6, 6.07) is 13.5. The van der Waals surface area contributed by atoms with E-state index in [0.717, 1.165) is 25.7 Å². The Balaban J connectivity index is 1.18. The molecule has 1 aliphatic carbocycles. The van der Waals surface area contributed by atoms with Gasteiger partial charge in [-0.05, 0) is 74.3 Å². The Labute approximate surface area is 183 Å². The summed E-state index contributed by atoms with van der Waals surface area (Å²) >= 11 is 0. The van der Waals surface area contributed by atoms with Crippen LogP contribution in [-0.2, 0) is 17.6 Å². The molecule has 2 aromatic carbocycles. The monoisotopic (exact) mass is 418 g/mol. The lowest BCUT2D eigenvalue weighted by Gasteiger charge is -2.20. The number of nitrogens with zero attached hydrogens (tertiary/aromatic N) is 1. The van der Waals surface area contributed by atoms with Crippen LogP contribution in [0.2, 0.25) is 0 Å². The summed E-state index contributed by atoms with van der Waals surface area (Å²) in [5.41, 5.74) is 5.02. The molecule has 1 heterocycles. The van der Waals surface area contributed by atoms with E-state index in [1.54, 1.807) is 24.3 Å². The van der Waals surface area contributed by atoms with Gasteiger partial charge in [-0.2, -0.15) is 0 Å². The topological polar surface area (TPSA) is 66.5 Å². The number of unbranched alkanes of at least 4 members (excludes halogenated alkanes) is 2. The number of hydrogen-bond acceptors (Lipinski definition) is 3. The van der Waals surface area contributed by atoms with Crippen molar-refractivity contribution in [2.24, 2.45) is 0 Å². The number of hydrogen-bond donors (Lipinski definition) is 1. The molecule has 0 bridgehead atoms. The Hall–Kier alpha value is -2.95. The molecule has 0 fully saturated rings. The fraction of sp³-hybridized carbons (Fsp3) is 0.423. The molecule has 0 saturated carbocycles. The number of imide groups is 1. The van der Waals surface area contributed by atoms with Crippen molar-refractivity contribution >= 4 is 17.7 Å². The van der Waals surface area contributed by atoms with E-state index < -0.39 is 0 Å². The number of carbonyl (C=O) groups excluding carboxylic acids is 3. The number of rotatable bonds is 8. The van der Waals surface area contributed by atoms with Crippen molar-refractivity contribution in [3.8, 4) is 0 Å². The molecule has 1 atom stereocenters. The highest BCUT2D eigenvalue weighted by Gasteiger charge is 2.34. The van der Waals surface area contributed by atoms with Crippen LogP contribution in [-0.4, -0.2) is 29.2 Å². The number of amides is 3. The maximum atomic E-state index is 12.4. The molecule has 162 valence electrons. The highest BCUT2D eigenvalue weighted by molar-refractivity contribution is 6.21. The van der Waals surface area contributed by atoms with E-state index in [0.29, 0.717) is 30.5 Å². The van der Waals surface area contributed by atoms with Crippen LogP contribution in [0.1, 0.15) is 88.9 Å². The van der Waals surface area contributed by atoms with Gasteiger partial charge >= 0.3 is 0 Å². The summed E-state index contributed by atoms with van der Waals surface area (Å²) in [5.74, 6) is -0.375. The van der Waals surface area contributed by atoms with Gasteiger partial charge in [-0.3, -0.25) is 19.3 Å². The van der Waals surface area contributed by atoms with Crippen molar-refractivity contribution in [3.05, 3.63) is 70.3 Å². The van der Waals surface area contributed by atoms with E-state index in [4.69, 9.17) is 0 Å². The second-order valence-electron chi connectivity index (χ2n) is 8.64. The standard InChI is InChI=1S/C26H30N2O3/c1-18(20-15-14-19-9-4-5-10-21(19)17-20)27-24(29)13-3-2-8-16-28-25(30)22-11-6-7-12-23(22)26(28)31/h6-7,11-12,14-15,17-18H,2-5,8-10,13,16H2,1H3,(H,27,29)/t18-/m1/s1. The SMILES string of the molecule is C[C@@H](NC(=O)CCCCCN1C(=O)c2ccccc2C1=O)c1ccc2c(c1)CCCC2. The number of nitrogens with one attached hydrogen (secondary N) is 1. The predicted molar refractivity (Wildman–Crippen MR) is 120 cm³/mol. The van der Waals surface area contributed by atoms with Crippen LogP contribution in [0, 0.1) is 0 Å². The van der Waals surface area contributed by atoms with Crippen LogP contribution in [0.4, 0.5) is 0 Å². The minimum Gasteiger partial charge on any atom is -0.350 e. The Morgan fingerprint density at radius 2 is 1.61 bits per heavy atom. The minimum atomic E-state index is -0.211. The van der Waals surface area contributed by atoms with Gasteiger partial charge in [0.1, 0.15) is 0 Å². The van der Waals surface area contributed by atoms with Crippen molar-refractivity contribution in [2.45, 2.75) is 64.3 Å². The molecule has 5 heteroatoms. The van der Waals surface area contributed by atoms with Gasteiger partial charge in [0.2, 0.25) is 5.91 Å². The van der Waals surface area contributed by atoms with Gasteiger partial charge in [0.05, 0.1) is 17.2 Å². The van der Waals surface area contributed by atoms with E-state index in [9.17, 15) is 14.4 Å². The quantitative estimate of drug-likeness (QED) is 0.503. The summed E-state index contributed by atoms with van der Waals surface area (Å²) in [5, 5.41) is 3.10. The third-order valence-corrected chi connectivity index (χ3v) is 6.41. The third-order valence-electron chi connectivity index (χ3n) is 6.41. The Kier molecular flexibility index (Phi) is 6.50. The first-order valence-corrected chi connectivity index (χ1v) is 11.4. The largest absolute Gasteiger partial charge is 0.350 e. The first-order chi connectivity index (χ1) is 15.0. The van der Waals surface area contributed by atoms with Gasteiger partial charge in [-0.15, -0.1) is 0 Å². The molecule has 1 aliphatic heterocycles. The van der Waals surface area contributed by atoms with Crippen LogP contribution in [0.5, 0.6) is 0 Å². The molecule has 1 N–H and O–H groups in total. The number of fused-ring (bicyclic) bond motifs is 2. The maximum Gasteiger partial charge on any atom is 0.261 e. The second kappa shape index (κ2) is 9.46. The predicted octanol–water partition coefficient (Wildman–Crippen LogP) is 4.60. The summed E-state index contributed by atoms with van der Waals surface area (Å²) in [6.07, 6.45) is 7.52.